The van der Waals surface area contributed by atoms with Gasteiger partial charge in [-0.1, -0.05) is 12.1 Å². The van der Waals surface area contributed by atoms with Crippen LogP contribution in [0.4, 0.5) is 5.95 Å². The second-order valence-corrected chi connectivity index (χ2v) is 7.27. The number of likely N-dealkylation sites (tertiary alicyclic amines) is 1. The van der Waals surface area contributed by atoms with Crippen LogP contribution in [0, 0.1) is 0 Å². The van der Waals surface area contributed by atoms with Crippen LogP contribution in [0.5, 0.6) is 5.88 Å². The summed E-state index contributed by atoms with van der Waals surface area (Å²) >= 11 is 1.78. The Bertz CT molecular complexity index is 679. The number of thioether (sulfide) groups is 1. The summed E-state index contributed by atoms with van der Waals surface area (Å²) in [6.45, 7) is 3.17. The molecule has 0 N–H and O–H groups in total. The van der Waals surface area contributed by atoms with E-state index in [2.05, 4.69) is 57.3 Å². The molecule has 0 amide bonds. The van der Waals surface area contributed by atoms with Gasteiger partial charge in [-0.05, 0) is 43.3 Å². The molecule has 3 rings (SSSR count). The van der Waals surface area contributed by atoms with Gasteiger partial charge in [-0.25, -0.2) is 4.98 Å². The summed E-state index contributed by atoms with van der Waals surface area (Å²) in [5, 5.41) is 0. The second-order valence-electron chi connectivity index (χ2n) is 6.39. The minimum absolute atomic E-state index is 0.423. The standard InChI is InChI=1S/C19H26N4OS/c1-22(19-20-11-10-18(21-19)24-2)16-5-4-12-23(14-16)13-15-6-8-17(25-3)9-7-15/h6-11,16H,4-5,12-14H2,1-3H3. The molecule has 1 atom stereocenters. The fraction of sp³-hybridized carbons (Fsp3) is 0.474. The zero-order valence-corrected chi connectivity index (χ0v) is 16.0. The second kappa shape index (κ2) is 8.54. The molecule has 1 saturated heterocycles. The molecule has 25 heavy (non-hydrogen) atoms. The summed E-state index contributed by atoms with van der Waals surface area (Å²) in [4.78, 5) is 14.9. The van der Waals surface area contributed by atoms with Crippen LogP contribution in [-0.2, 0) is 6.54 Å². The number of methoxy groups -OCH3 is 1. The number of rotatable bonds is 6. The van der Waals surface area contributed by atoms with E-state index in [-0.39, 0.29) is 0 Å². The van der Waals surface area contributed by atoms with Gasteiger partial charge in [-0.3, -0.25) is 4.90 Å². The SMILES string of the molecule is COc1ccnc(N(C)C2CCCN(Cc3ccc(SC)cc3)C2)n1. The maximum atomic E-state index is 5.22. The Morgan fingerprint density at radius 3 is 2.80 bits per heavy atom. The molecule has 1 unspecified atom stereocenters. The largest absolute Gasteiger partial charge is 0.481 e. The number of benzene rings is 1. The van der Waals surface area contributed by atoms with E-state index in [0.29, 0.717) is 11.9 Å². The first kappa shape index (κ1) is 18.0. The molecule has 0 saturated carbocycles. The van der Waals surface area contributed by atoms with Crippen molar-refractivity contribution < 1.29 is 4.74 Å². The lowest BCUT2D eigenvalue weighted by Crippen LogP contribution is -2.46. The molecule has 2 heterocycles. The van der Waals surface area contributed by atoms with Gasteiger partial charge >= 0.3 is 0 Å². The molecule has 1 aliphatic rings. The molecule has 1 fully saturated rings. The zero-order valence-electron chi connectivity index (χ0n) is 15.2. The molecule has 0 spiro atoms. The Morgan fingerprint density at radius 1 is 1.28 bits per heavy atom. The average molecular weight is 359 g/mol. The molecule has 134 valence electrons. The Kier molecular flexibility index (Phi) is 6.15. The molecule has 1 aliphatic heterocycles. The van der Waals surface area contributed by atoms with Gasteiger partial charge in [-0.2, -0.15) is 4.98 Å². The van der Waals surface area contributed by atoms with Gasteiger partial charge in [0.25, 0.3) is 0 Å². The van der Waals surface area contributed by atoms with Gasteiger partial charge < -0.3 is 9.64 Å². The Hall–Kier alpha value is -1.79. The van der Waals surface area contributed by atoms with Crippen molar-refractivity contribution in [1.29, 1.82) is 0 Å². The van der Waals surface area contributed by atoms with Crippen LogP contribution in [-0.4, -0.2) is 54.4 Å². The van der Waals surface area contributed by atoms with E-state index in [1.807, 2.05) is 0 Å². The highest BCUT2D eigenvalue weighted by atomic mass is 32.2. The first-order valence-electron chi connectivity index (χ1n) is 8.64. The predicted molar refractivity (Wildman–Crippen MR) is 104 cm³/mol. The predicted octanol–water partition coefficient (Wildman–Crippen LogP) is 3.31. The van der Waals surface area contributed by atoms with Crippen molar-refractivity contribution in [3.63, 3.8) is 0 Å². The zero-order chi connectivity index (χ0) is 17.6. The van der Waals surface area contributed by atoms with E-state index < -0.39 is 0 Å². The molecule has 5 nitrogen and oxygen atoms in total. The molecule has 0 bridgehead atoms. The van der Waals surface area contributed by atoms with Crippen LogP contribution >= 0.6 is 11.8 Å². The minimum atomic E-state index is 0.423. The van der Waals surface area contributed by atoms with E-state index in [0.717, 1.165) is 25.6 Å². The quantitative estimate of drug-likeness (QED) is 0.738. The van der Waals surface area contributed by atoms with Crippen LogP contribution in [0.3, 0.4) is 0 Å². The Balaban J connectivity index is 1.63. The van der Waals surface area contributed by atoms with Crippen LogP contribution in [0.1, 0.15) is 18.4 Å². The highest BCUT2D eigenvalue weighted by Crippen LogP contribution is 2.22. The molecule has 1 aromatic heterocycles. The minimum Gasteiger partial charge on any atom is -0.481 e. The number of hydrogen-bond acceptors (Lipinski definition) is 6. The number of anilines is 1. The van der Waals surface area contributed by atoms with Gasteiger partial charge in [0.1, 0.15) is 0 Å². The molecule has 2 aromatic rings. The first-order chi connectivity index (χ1) is 12.2. The van der Waals surface area contributed by atoms with Crippen molar-refractivity contribution in [1.82, 2.24) is 14.9 Å². The van der Waals surface area contributed by atoms with E-state index in [1.54, 1.807) is 31.1 Å². The Morgan fingerprint density at radius 2 is 2.08 bits per heavy atom. The monoisotopic (exact) mass is 358 g/mol. The summed E-state index contributed by atoms with van der Waals surface area (Å²) in [6, 6.07) is 11.1. The van der Waals surface area contributed by atoms with E-state index in [9.17, 15) is 0 Å². The van der Waals surface area contributed by atoms with Gasteiger partial charge in [0.05, 0.1) is 7.11 Å². The summed E-state index contributed by atoms with van der Waals surface area (Å²) in [7, 11) is 3.72. The van der Waals surface area contributed by atoms with E-state index in [1.165, 1.54) is 23.3 Å². The van der Waals surface area contributed by atoms with Gasteiger partial charge in [0, 0.05) is 43.3 Å². The number of hydrogen-bond donors (Lipinski definition) is 0. The molecule has 1 aromatic carbocycles. The van der Waals surface area contributed by atoms with E-state index in [4.69, 9.17) is 4.74 Å². The number of ether oxygens (including phenoxy) is 1. The topological polar surface area (TPSA) is 41.5 Å². The molecular weight excluding hydrogens is 332 g/mol. The number of piperidine rings is 1. The third kappa shape index (κ3) is 4.64. The number of likely N-dealkylation sites (N-methyl/N-ethyl adjacent to an activating group) is 1. The van der Waals surface area contributed by atoms with Crippen LogP contribution in [0.2, 0.25) is 0 Å². The summed E-state index contributed by atoms with van der Waals surface area (Å²) in [5.41, 5.74) is 1.37. The summed E-state index contributed by atoms with van der Waals surface area (Å²) in [5.74, 6) is 1.34. The van der Waals surface area contributed by atoms with Crippen molar-refractivity contribution in [3.05, 3.63) is 42.1 Å². The third-order valence-corrected chi connectivity index (χ3v) is 5.48. The highest BCUT2D eigenvalue weighted by Gasteiger charge is 2.25. The normalized spacial score (nSPS) is 18.1. The highest BCUT2D eigenvalue weighted by molar-refractivity contribution is 7.98. The van der Waals surface area contributed by atoms with Crippen LogP contribution < -0.4 is 9.64 Å². The van der Waals surface area contributed by atoms with Crippen molar-refractivity contribution in [2.45, 2.75) is 30.3 Å². The van der Waals surface area contributed by atoms with Crippen molar-refractivity contribution in [2.75, 3.05) is 38.4 Å². The average Bonchev–Trinajstić information content (AvgIpc) is 2.68. The lowest BCUT2D eigenvalue weighted by atomic mass is 10.0. The Labute approximate surface area is 154 Å². The van der Waals surface area contributed by atoms with Gasteiger partial charge in [0.2, 0.25) is 11.8 Å². The number of nitrogens with zero attached hydrogens (tertiary/aromatic N) is 4. The molecule has 0 aliphatic carbocycles. The van der Waals surface area contributed by atoms with Crippen LogP contribution in [0.15, 0.2) is 41.4 Å². The molecule has 6 heteroatoms. The van der Waals surface area contributed by atoms with Crippen molar-refractivity contribution in [2.24, 2.45) is 0 Å². The lowest BCUT2D eigenvalue weighted by molar-refractivity contribution is 0.198. The lowest BCUT2D eigenvalue weighted by Gasteiger charge is -2.37. The maximum Gasteiger partial charge on any atom is 0.228 e. The summed E-state index contributed by atoms with van der Waals surface area (Å²) in [6.07, 6.45) is 6.23. The number of aromatic nitrogens is 2. The first-order valence-corrected chi connectivity index (χ1v) is 9.87. The van der Waals surface area contributed by atoms with Crippen molar-refractivity contribution in [3.8, 4) is 5.88 Å². The van der Waals surface area contributed by atoms with Crippen LogP contribution in [0.25, 0.3) is 0 Å². The maximum absolute atomic E-state index is 5.22. The van der Waals surface area contributed by atoms with Crippen molar-refractivity contribution >= 4 is 17.7 Å². The van der Waals surface area contributed by atoms with E-state index >= 15 is 0 Å². The third-order valence-electron chi connectivity index (χ3n) is 4.74. The molecule has 0 radical (unpaired) electrons. The fourth-order valence-electron chi connectivity index (χ4n) is 3.26. The smallest absolute Gasteiger partial charge is 0.228 e. The van der Waals surface area contributed by atoms with Gasteiger partial charge in [-0.15, -0.1) is 11.8 Å². The van der Waals surface area contributed by atoms with Gasteiger partial charge in [0.15, 0.2) is 0 Å². The fourth-order valence-corrected chi connectivity index (χ4v) is 3.67. The molecular formula is C19H26N4OS. The summed E-state index contributed by atoms with van der Waals surface area (Å²) < 4.78 is 5.22.